The van der Waals surface area contributed by atoms with Crippen LogP contribution in [0.2, 0.25) is 0 Å². The number of hydrogen-bond donors (Lipinski definition) is 1. The molecule has 20 heavy (non-hydrogen) atoms. The van der Waals surface area contributed by atoms with E-state index in [1.807, 2.05) is 0 Å². The van der Waals surface area contributed by atoms with Crippen molar-refractivity contribution in [3.8, 4) is 11.3 Å². The Labute approximate surface area is 120 Å². The largest absolute Gasteiger partial charge is 0.331 e. The molecule has 0 radical (unpaired) electrons. The van der Waals surface area contributed by atoms with Crippen molar-refractivity contribution in [1.82, 2.24) is 9.55 Å². The summed E-state index contributed by atoms with van der Waals surface area (Å²) in [4.78, 5) is 4.91. The summed E-state index contributed by atoms with van der Waals surface area (Å²) < 4.78 is 2.39. The van der Waals surface area contributed by atoms with Crippen LogP contribution >= 0.6 is 0 Å². The minimum atomic E-state index is 0.668. The molecule has 0 atom stereocenters. The third-order valence-electron chi connectivity index (χ3n) is 4.41. The van der Waals surface area contributed by atoms with E-state index >= 15 is 0 Å². The van der Waals surface area contributed by atoms with Gasteiger partial charge in [0.15, 0.2) is 0 Å². The van der Waals surface area contributed by atoms with Gasteiger partial charge in [0.05, 0.1) is 5.69 Å². The van der Waals surface area contributed by atoms with Gasteiger partial charge in [0.2, 0.25) is 0 Å². The Morgan fingerprint density at radius 3 is 2.65 bits per heavy atom. The van der Waals surface area contributed by atoms with Crippen molar-refractivity contribution in [2.24, 2.45) is 5.73 Å². The molecule has 1 aromatic carbocycles. The van der Waals surface area contributed by atoms with Crippen molar-refractivity contribution in [3.63, 3.8) is 0 Å². The van der Waals surface area contributed by atoms with Crippen molar-refractivity contribution < 1.29 is 0 Å². The molecule has 3 heteroatoms. The Kier molecular flexibility index (Phi) is 3.38. The van der Waals surface area contributed by atoms with E-state index in [4.69, 9.17) is 10.7 Å². The molecular weight excluding hydrogens is 246 g/mol. The first-order chi connectivity index (χ1) is 9.61. The highest BCUT2D eigenvalue weighted by molar-refractivity contribution is 5.68. The van der Waals surface area contributed by atoms with Gasteiger partial charge in [-0.2, -0.15) is 0 Å². The first-order valence-electron chi connectivity index (χ1n) is 7.48. The number of benzene rings is 1. The average Bonchev–Trinajstić information content (AvgIpc) is 2.98. The zero-order chi connectivity index (χ0) is 14.3. The summed E-state index contributed by atoms with van der Waals surface area (Å²) in [6.07, 6.45) is 3.24. The van der Waals surface area contributed by atoms with Gasteiger partial charge in [-0.3, -0.25) is 0 Å². The number of hydrogen-bond acceptors (Lipinski definition) is 2. The molecule has 0 aliphatic carbocycles. The first kappa shape index (κ1) is 13.4. The average molecular weight is 269 g/mol. The van der Waals surface area contributed by atoms with Gasteiger partial charge in [-0.25, -0.2) is 4.98 Å². The van der Waals surface area contributed by atoms with Crippen LogP contribution in [0.15, 0.2) is 12.1 Å². The standard InChI is InChI=1S/C17H23N3/c1-11-9-13(3)14(10-12(11)2)17-15-5-4-8-20(15)16(19-17)6-7-18/h9-10H,4-8,18H2,1-3H3. The fourth-order valence-corrected chi connectivity index (χ4v) is 3.21. The predicted octanol–water partition coefficient (Wildman–Crippen LogP) is 2.92. The van der Waals surface area contributed by atoms with Gasteiger partial charge < -0.3 is 10.3 Å². The monoisotopic (exact) mass is 269 g/mol. The summed E-state index contributed by atoms with van der Waals surface area (Å²) in [5, 5.41) is 0. The molecule has 3 rings (SSSR count). The van der Waals surface area contributed by atoms with Crippen LogP contribution in [-0.4, -0.2) is 16.1 Å². The van der Waals surface area contributed by atoms with Crippen LogP contribution in [-0.2, 0) is 19.4 Å². The minimum Gasteiger partial charge on any atom is -0.331 e. The van der Waals surface area contributed by atoms with Crippen molar-refractivity contribution in [2.45, 2.75) is 46.6 Å². The smallest absolute Gasteiger partial charge is 0.110 e. The van der Waals surface area contributed by atoms with E-state index in [9.17, 15) is 0 Å². The van der Waals surface area contributed by atoms with Crippen molar-refractivity contribution in [3.05, 3.63) is 40.3 Å². The van der Waals surface area contributed by atoms with E-state index in [1.54, 1.807) is 0 Å². The van der Waals surface area contributed by atoms with Gasteiger partial charge in [0, 0.05) is 24.2 Å². The first-order valence-corrected chi connectivity index (χ1v) is 7.48. The van der Waals surface area contributed by atoms with Crippen LogP contribution in [0.5, 0.6) is 0 Å². The molecule has 2 aromatic rings. The van der Waals surface area contributed by atoms with Crippen LogP contribution < -0.4 is 5.73 Å². The maximum atomic E-state index is 5.72. The van der Waals surface area contributed by atoms with Crippen molar-refractivity contribution >= 4 is 0 Å². The maximum Gasteiger partial charge on any atom is 0.110 e. The Morgan fingerprint density at radius 1 is 1.15 bits per heavy atom. The molecule has 0 unspecified atom stereocenters. The van der Waals surface area contributed by atoms with Gasteiger partial charge in [0.1, 0.15) is 5.82 Å². The number of imidazole rings is 1. The molecular formula is C17H23N3. The Balaban J connectivity index is 2.16. The van der Waals surface area contributed by atoms with Crippen LogP contribution in [0.4, 0.5) is 0 Å². The second-order valence-electron chi connectivity index (χ2n) is 5.87. The van der Waals surface area contributed by atoms with Gasteiger partial charge in [-0.15, -0.1) is 0 Å². The molecule has 1 aromatic heterocycles. The fourth-order valence-electron chi connectivity index (χ4n) is 3.21. The number of nitrogens with zero attached hydrogens (tertiary/aromatic N) is 2. The lowest BCUT2D eigenvalue weighted by Gasteiger charge is -2.09. The zero-order valence-electron chi connectivity index (χ0n) is 12.7. The van der Waals surface area contributed by atoms with E-state index in [2.05, 4.69) is 37.5 Å². The van der Waals surface area contributed by atoms with Gasteiger partial charge in [-0.05, 0) is 62.9 Å². The molecule has 0 bridgehead atoms. The van der Waals surface area contributed by atoms with Crippen LogP contribution in [0.3, 0.4) is 0 Å². The maximum absolute atomic E-state index is 5.72. The van der Waals surface area contributed by atoms with E-state index in [-0.39, 0.29) is 0 Å². The second-order valence-corrected chi connectivity index (χ2v) is 5.87. The topological polar surface area (TPSA) is 43.8 Å². The van der Waals surface area contributed by atoms with Gasteiger partial charge >= 0.3 is 0 Å². The van der Waals surface area contributed by atoms with Gasteiger partial charge in [0.25, 0.3) is 0 Å². The molecule has 1 aliphatic heterocycles. The third-order valence-corrected chi connectivity index (χ3v) is 4.41. The van der Waals surface area contributed by atoms with Crippen LogP contribution in [0, 0.1) is 20.8 Å². The Morgan fingerprint density at radius 2 is 1.90 bits per heavy atom. The molecule has 0 saturated carbocycles. The van der Waals surface area contributed by atoms with E-state index in [0.29, 0.717) is 6.54 Å². The lowest BCUT2D eigenvalue weighted by molar-refractivity contribution is 0.685. The van der Waals surface area contributed by atoms with Crippen LogP contribution in [0.25, 0.3) is 11.3 Å². The SMILES string of the molecule is Cc1cc(C)c(-c2nc(CCN)n3c2CCC3)cc1C. The number of aryl methyl sites for hydroxylation is 3. The lowest BCUT2D eigenvalue weighted by atomic mass is 9.97. The highest BCUT2D eigenvalue weighted by atomic mass is 15.1. The molecule has 0 saturated heterocycles. The van der Waals surface area contributed by atoms with E-state index in [1.165, 1.54) is 40.1 Å². The fraction of sp³-hybridized carbons (Fsp3) is 0.471. The second kappa shape index (κ2) is 5.06. The number of rotatable bonds is 3. The Hall–Kier alpha value is -1.61. The molecule has 1 aliphatic rings. The van der Waals surface area contributed by atoms with Crippen molar-refractivity contribution in [1.29, 1.82) is 0 Å². The number of fused-ring (bicyclic) bond motifs is 1. The van der Waals surface area contributed by atoms with Crippen LogP contribution in [0.1, 0.15) is 34.6 Å². The molecule has 106 valence electrons. The lowest BCUT2D eigenvalue weighted by Crippen LogP contribution is -2.08. The van der Waals surface area contributed by atoms with E-state index < -0.39 is 0 Å². The molecule has 0 amide bonds. The molecule has 0 spiro atoms. The third kappa shape index (κ3) is 2.06. The predicted molar refractivity (Wildman–Crippen MR) is 83.0 cm³/mol. The summed E-state index contributed by atoms with van der Waals surface area (Å²) in [5.41, 5.74) is 13.6. The van der Waals surface area contributed by atoms with Gasteiger partial charge in [-0.1, -0.05) is 6.07 Å². The number of nitrogens with two attached hydrogens (primary N) is 1. The molecule has 2 heterocycles. The van der Waals surface area contributed by atoms with E-state index in [0.717, 1.165) is 25.2 Å². The quantitative estimate of drug-likeness (QED) is 0.931. The summed E-state index contributed by atoms with van der Waals surface area (Å²) in [5.74, 6) is 1.16. The highest BCUT2D eigenvalue weighted by Gasteiger charge is 2.22. The normalized spacial score (nSPS) is 13.8. The summed E-state index contributed by atoms with van der Waals surface area (Å²) in [7, 11) is 0. The minimum absolute atomic E-state index is 0.668. The molecule has 0 fully saturated rings. The number of aromatic nitrogens is 2. The molecule has 2 N–H and O–H groups in total. The highest BCUT2D eigenvalue weighted by Crippen LogP contribution is 2.32. The molecule has 3 nitrogen and oxygen atoms in total. The van der Waals surface area contributed by atoms with Crippen molar-refractivity contribution in [2.75, 3.05) is 6.54 Å². The summed E-state index contributed by atoms with van der Waals surface area (Å²) in [6.45, 7) is 8.30. The Bertz CT molecular complexity index is 653. The summed E-state index contributed by atoms with van der Waals surface area (Å²) >= 11 is 0. The zero-order valence-corrected chi connectivity index (χ0v) is 12.7. The summed E-state index contributed by atoms with van der Waals surface area (Å²) in [6, 6.07) is 4.56.